The van der Waals surface area contributed by atoms with Gasteiger partial charge in [0.05, 0.1) is 6.20 Å². The van der Waals surface area contributed by atoms with Crippen molar-refractivity contribution in [2.45, 2.75) is 38.1 Å². The number of halogens is 2. The van der Waals surface area contributed by atoms with Crippen molar-refractivity contribution in [1.29, 1.82) is 0 Å². The van der Waals surface area contributed by atoms with Crippen LogP contribution in [0.4, 0.5) is 0 Å². The number of amides is 1. The second-order valence-corrected chi connectivity index (χ2v) is 7.69. The molecule has 2 aromatic rings. The zero-order valence-corrected chi connectivity index (χ0v) is 15.1. The molecule has 1 amide bonds. The van der Waals surface area contributed by atoms with E-state index < -0.39 is 0 Å². The van der Waals surface area contributed by atoms with Gasteiger partial charge in [0.2, 0.25) is 5.91 Å². The summed E-state index contributed by atoms with van der Waals surface area (Å²) in [5.74, 6) is 0.110. The fourth-order valence-corrected chi connectivity index (χ4v) is 4.64. The van der Waals surface area contributed by atoms with Crippen molar-refractivity contribution in [3.8, 4) is 5.75 Å². The molecular weight excluding hydrogens is 361 g/mol. The molecule has 132 valence electrons. The molecule has 1 fully saturated rings. The van der Waals surface area contributed by atoms with E-state index in [9.17, 15) is 9.90 Å². The van der Waals surface area contributed by atoms with E-state index in [1.165, 1.54) is 23.4 Å². The first-order chi connectivity index (χ1) is 12.0. The number of nitrogens with zero attached hydrogens (tertiary/aromatic N) is 2. The van der Waals surface area contributed by atoms with E-state index >= 15 is 0 Å². The summed E-state index contributed by atoms with van der Waals surface area (Å²) in [7, 11) is 0. The van der Waals surface area contributed by atoms with Crippen LogP contribution in [0.3, 0.4) is 0 Å². The Kier molecular flexibility index (Phi) is 4.38. The largest absolute Gasteiger partial charge is 0.508 e. The Morgan fingerprint density at radius 1 is 1.28 bits per heavy atom. The van der Waals surface area contributed by atoms with Crippen molar-refractivity contribution in [3.63, 3.8) is 0 Å². The van der Waals surface area contributed by atoms with E-state index in [2.05, 4.69) is 10.2 Å². The molecule has 0 saturated carbocycles. The Balaban J connectivity index is 1.47. The normalized spacial score (nSPS) is 23.1. The van der Waals surface area contributed by atoms with E-state index in [1.54, 1.807) is 0 Å². The highest BCUT2D eigenvalue weighted by molar-refractivity contribution is 6.36. The van der Waals surface area contributed by atoms with E-state index in [0.29, 0.717) is 16.5 Å². The highest BCUT2D eigenvalue weighted by Gasteiger charge is 2.37. The van der Waals surface area contributed by atoms with Crippen LogP contribution in [0.15, 0.2) is 18.3 Å². The van der Waals surface area contributed by atoms with E-state index in [1.807, 2.05) is 11.1 Å². The third-order valence-electron chi connectivity index (χ3n) is 5.36. The highest BCUT2D eigenvalue weighted by Crippen LogP contribution is 2.35. The smallest absolute Gasteiger partial charge is 0.226 e. The van der Waals surface area contributed by atoms with E-state index in [4.69, 9.17) is 23.2 Å². The van der Waals surface area contributed by atoms with Crippen molar-refractivity contribution >= 4 is 29.1 Å². The molecule has 0 unspecified atom stereocenters. The number of aromatic amines is 1. The number of hydrogen-bond acceptors (Lipinski definition) is 3. The Morgan fingerprint density at radius 2 is 2.04 bits per heavy atom. The predicted molar refractivity (Wildman–Crippen MR) is 96.1 cm³/mol. The molecule has 2 atom stereocenters. The molecule has 1 saturated heterocycles. The molecule has 0 radical (unpaired) electrons. The first-order valence-corrected chi connectivity index (χ1v) is 9.27. The first kappa shape index (κ1) is 16.7. The lowest BCUT2D eigenvalue weighted by molar-refractivity contribution is -0.133. The zero-order chi connectivity index (χ0) is 17.6. The SMILES string of the molecule is O=C1[C@H](Cc2c(Cl)cc(O)cc2Cl)CCN1[C@H]1CCc2[nH]ncc2C1. The van der Waals surface area contributed by atoms with Gasteiger partial charge in [0, 0.05) is 34.2 Å². The van der Waals surface area contributed by atoms with Crippen LogP contribution in [-0.4, -0.2) is 38.7 Å². The minimum absolute atomic E-state index is 0.0382. The molecule has 1 aromatic carbocycles. The number of phenols is 1. The summed E-state index contributed by atoms with van der Waals surface area (Å²) in [5.41, 5.74) is 3.15. The van der Waals surface area contributed by atoms with Crippen LogP contribution in [0.25, 0.3) is 0 Å². The Bertz CT molecular complexity index is 797. The Hall–Kier alpha value is -1.72. The standard InChI is InChI=1S/C18H19Cl2N3O2/c19-15-7-13(24)8-16(20)14(15)6-10-3-4-23(18(10)25)12-1-2-17-11(5-12)9-21-22-17/h7-10,12,24H,1-6H2,(H,21,22)/t10-,12-/m0/s1. The van der Waals surface area contributed by atoms with Gasteiger partial charge in [-0.2, -0.15) is 5.10 Å². The van der Waals surface area contributed by atoms with Crippen molar-refractivity contribution in [1.82, 2.24) is 15.1 Å². The maximum Gasteiger partial charge on any atom is 0.226 e. The molecule has 1 aromatic heterocycles. The lowest BCUT2D eigenvalue weighted by Gasteiger charge is -2.31. The van der Waals surface area contributed by atoms with Crippen LogP contribution < -0.4 is 0 Å². The third kappa shape index (κ3) is 3.11. The summed E-state index contributed by atoms with van der Waals surface area (Å²) in [4.78, 5) is 14.9. The molecule has 1 aliphatic carbocycles. The van der Waals surface area contributed by atoms with Gasteiger partial charge < -0.3 is 10.0 Å². The summed E-state index contributed by atoms with van der Waals surface area (Å²) < 4.78 is 0. The predicted octanol–water partition coefficient (Wildman–Crippen LogP) is 3.37. The van der Waals surface area contributed by atoms with Crippen LogP contribution >= 0.6 is 23.2 Å². The van der Waals surface area contributed by atoms with E-state index in [-0.39, 0.29) is 23.6 Å². The second kappa shape index (κ2) is 6.54. The van der Waals surface area contributed by atoms with Crippen molar-refractivity contribution < 1.29 is 9.90 Å². The van der Waals surface area contributed by atoms with Crippen LogP contribution in [0.2, 0.25) is 10.0 Å². The summed E-state index contributed by atoms with van der Waals surface area (Å²) in [6.45, 7) is 0.772. The number of rotatable bonds is 3. The van der Waals surface area contributed by atoms with Gasteiger partial charge in [-0.1, -0.05) is 23.2 Å². The molecular formula is C18H19Cl2N3O2. The number of hydrogen-bond donors (Lipinski definition) is 2. The molecule has 2 heterocycles. The van der Waals surface area contributed by atoms with Gasteiger partial charge in [-0.3, -0.25) is 9.89 Å². The van der Waals surface area contributed by atoms with Gasteiger partial charge in [0.1, 0.15) is 5.75 Å². The number of aromatic nitrogens is 2. The quantitative estimate of drug-likeness (QED) is 0.858. The average molecular weight is 380 g/mol. The van der Waals surface area contributed by atoms with Gasteiger partial charge >= 0.3 is 0 Å². The number of fused-ring (bicyclic) bond motifs is 1. The number of nitrogens with one attached hydrogen (secondary N) is 1. The number of likely N-dealkylation sites (tertiary alicyclic amines) is 1. The number of carbonyl (C=O) groups excluding carboxylic acids is 1. The molecule has 1 aliphatic heterocycles. The Morgan fingerprint density at radius 3 is 2.80 bits per heavy atom. The van der Waals surface area contributed by atoms with Crippen LogP contribution in [0.5, 0.6) is 5.75 Å². The van der Waals surface area contributed by atoms with Gasteiger partial charge in [-0.05, 0) is 55.4 Å². The lowest BCUT2D eigenvalue weighted by atomic mass is 9.92. The van der Waals surface area contributed by atoms with Gasteiger partial charge in [0.25, 0.3) is 0 Å². The number of carbonyl (C=O) groups is 1. The summed E-state index contributed by atoms with van der Waals surface area (Å²) in [6.07, 6.45) is 5.96. The van der Waals surface area contributed by atoms with E-state index in [0.717, 1.165) is 37.8 Å². The van der Waals surface area contributed by atoms with Gasteiger partial charge in [-0.25, -0.2) is 0 Å². The van der Waals surface area contributed by atoms with Gasteiger partial charge in [0.15, 0.2) is 0 Å². The monoisotopic (exact) mass is 379 g/mol. The summed E-state index contributed by atoms with van der Waals surface area (Å²) >= 11 is 12.4. The summed E-state index contributed by atoms with van der Waals surface area (Å²) in [6, 6.07) is 3.19. The molecule has 2 N–H and O–H groups in total. The minimum atomic E-state index is -0.106. The third-order valence-corrected chi connectivity index (χ3v) is 6.03. The summed E-state index contributed by atoms with van der Waals surface area (Å²) in [5, 5.41) is 17.5. The molecule has 0 spiro atoms. The molecule has 7 heteroatoms. The topological polar surface area (TPSA) is 69.2 Å². The number of aromatic hydroxyl groups is 1. The van der Waals surface area contributed by atoms with Crippen molar-refractivity contribution in [3.05, 3.63) is 45.2 Å². The van der Waals surface area contributed by atoms with Gasteiger partial charge in [-0.15, -0.1) is 0 Å². The number of aryl methyl sites for hydroxylation is 1. The van der Waals surface area contributed by atoms with Crippen LogP contribution in [-0.2, 0) is 24.1 Å². The van der Waals surface area contributed by atoms with Crippen molar-refractivity contribution in [2.24, 2.45) is 5.92 Å². The molecule has 5 nitrogen and oxygen atoms in total. The molecule has 25 heavy (non-hydrogen) atoms. The number of benzene rings is 1. The lowest BCUT2D eigenvalue weighted by Crippen LogP contribution is -2.41. The average Bonchev–Trinajstić information content (AvgIpc) is 3.17. The molecule has 0 bridgehead atoms. The highest BCUT2D eigenvalue weighted by atomic mass is 35.5. The molecule has 2 aliphatic rings. The molecule has 4 rings (SSSR count). The second-order valence-electron chi connectivity index (χ2n) is 6.88. The van der Waals surface area contributed by atoms with Crippen LogP contribution in [0, 0.1) is 5.92 Å². The van der Waals surface area contributed by atoms with Crippen molar-refractivity contribution in [2.75, 3.05) is 6.54 Å². The maximum absolute atomic E-state index is 12.9. The maximum atomic E-state index is 12.9. The number of phenolic OH excluding ortho intramolecular Hbond substituents is 1. The first-order valence-electron chi connectivity index (χ1n) is 8.51. The zero-order valence-electron chi connectivity index (χ0n) is 13.6. The fraction of sp³-hybridized carbons (Fsp3) is 0.444. The fourth-order valence-electron chi connectivity index (χ4n) is 4.01. The van der Waals surface area contributed by atoms with Crippen LogP contribution in [0.1, 0.15) is 29.7 Å². The minimum Gasteiger partial charge on any atom is -0.508 e. The number of H-pyrrole nitrogens is 1. The Labute approximate surface area is 155 Å².